The van der Waals surface area contributed by atoms with Crippen LogP contribution in [0.1, 0.15) is 20.8 Å². The minimum atomic E-state index is -0.833. The fourth-order valence-corrected chi connectivity index (χ4v) is 0.269. The lowest BCUT2D eigenvalue weighted by atomic mass is 10.7. The molecule has 0 aromatic rings. The van der Waals surface area contributed by atoms with Gasteiger partial charge in [-0.1, -0.05) is 0 Å². The van der Waals surface area contributed by atoms with E-state index in [1.165, 1.54) is 6.92 Å². The highest BCUT2D eigenvalue weighted by molar-refractivity contribution is 5.65. The van der Waals surface area contributed by atoms with Gasteiger partial charge in [-0.05, 0) is 0 Å². The third-order valence-electron chi connectivity index (χ3n) is 0.693. The van der Waals surface area contributed by atoms with Crippen molar-refractivity contribution in [2.45, 2.75) is 20.8 Å². The lowest BCUT2D eigenvalue weighted by Gasteiger charge is -1.97. The van der Waals surface area contributed by atoms with Gasteiger partial charge in [0.05, 0.1) is 19.8 Å². The van der Waals surface area contributed by atoms with E-state index in [0.717, 1.165) is 13.8 Å². The molecular formula is C11H24O9. The molecule has 0 heterocycles. The van der Waals surface area contributed by atoms with Crippen molar-refractivity contribution >= 4 is 17.9 Å². The molecule has 122 valence electrons. The van der Waals surface area contributed by atoms with Gasteiger partial charge in [-0.15, -0.1) is 0 Å². The van der Waals surface area contributed by atoms with Crippen LogP contribution in [0.2, 0.25) is 0 Å². The Labute approximate surface area is 117 Å². The zero-order valence-electron chi connectivity index (χ0n) is 12.2. The Hall–Kier alpha value is -1.71. The van der Waals surface area contributed by atoms with Crippen LogP contribution in [-0.4, -0.2) is 71.9 Å². The molecule has 0 amide bonds. The number of hydrogen-bond acceptors (Lipinski definition) is 7. The van der Waals surface area contributed by atoms with Crippen molar-refractivity contribution in [2.24, 2.45) is 0 Å². The van der Waals surface area contributed by atoms with Gasteiger partial charge in [-0.25, -0.2) is 0 Å². The molecule has 0 saturated carbocycles. The van der Waals surface area contributed by atoms with E-state index >= 15 is 0 Å². The first-order chi connectivity index (χ1) is 9.15. The van der Waals surface area contributed by atoms with Crippen molar-refractivity contribution in [1.29, 1.82) is 0 Å². The lowest BCUT2D eigenvalue weighted by molar-refractivity contribution is -0.142. The third kappa shape index (κ3) is 207. The zero-order valence-corrected chi connectivity index (χ0v) is 12.2. The van der Waals surface area contributed by atoms with Gasteiger partial charge in [0.15, 0.2) is 0 Å². The molecule has 9 heteroatoms. The molecule has 0 unspecified atom stereocenters. The molecule has 20 heavy (non-hydrogen) atoms. The molecule has 0 fully saturated rings. The third-order valence-corrected chi connectivity index (χ3v) is 0.693. The number of hydrogen-bond donors (Lipinski definition) is 4. The molecular weight excluding hydrogens is 276 g/mol. The summed E-state index contributed by atoms with van der Waals surface area (Å²) in [5.74, 6) is -1.93. The average molecular weight is 300 g/mol. The summed E-state index contributed by atoms with van der Waals surface area (Å²) in [6.45, 7) is 4.11. The van der Waals surface area contributed by atoms with E-state index in [-0.39, 0.29) is 19.2 Å². The standard InChI is InChI=1S/C5H10O3.2C2H4O2.C2H6O2/c1-5(6)8-4-3-7-2;2*1-2(3)4;3-1-2-4/h3-4H2,1-2H3;2*1H3,(H,3,4);3-4H,1-2H2. The van der Waals surface area contributed by atoms with Gasteiger partial charge < -0.3 is 29.9 Å². The van der Waals surface area contributed by atoms with E-state index in [1.54, 1.807) is 7.11 Å². The first-order valence-electron chi connectivity index (χ1n) is 5.38. The number of carbonyl (C=O) groups is 3. The summed E-state index contributed by atoms with van der Waals surface area (Å²) in [5, 5.41) is 30.1. The van der Waals surface area contributed by atoms with Gasteiger partial charge in [0.2, 0.25) is 0 Å². The van der Waals surface area contributed by atoms with Gasteiger partial charge in [0, 0.05) is 27.9 Å². The van der Waals surface area contributed by atoms with E-state index in [2.05, 4.69) is 9.47 Å². The summed E-state index contributed by atoms with van der Waals surface area (Å²) in [7, 11) is 1.56. The maximum atomic E-state index is 10.0. The summed E-state index contributed by atoms with van der Waals surface area (Å²) >= 11 is 0. The van der Waals surface area contributed by atoms with E-state index in [4.69, 9.17) is 30.0 Å². The maximum absolute atomic E-state index is 10.0. The van der Waals surface area contributed by atoms with Gasteiger partial charge in [0.25, 0.3) is 11.9 Å². The normalized spacial score (nSPS) is 7.50. The van der Waals surface area contributed by atoms with E-state index in [0.29, 0.717) is 13.2 Å². The zero-order chi connectivity index (χ0) is 17.0. The molecule has 4 N–H and O–H groups in total. The van der Waals surface area contributed by atoms with Gasteiger partial charge in [-0.2, -0.15) is 0 Å². The van der Waals surface area contributed by atoms with Crippen LogP contribution in [0, 0.1) is 0 Å². The molecule has 0 radical (unpaired) electrons. The second-order valence-electron chi connectivity index (χ2n) is 2.82. The Bertz CT molecular complexity index is 206. The fraction of sp³-hybridized carbons (Fsp3) is 0.727. The highest BCUT2D eigenvalue weighted by Crippen LogP contribution is 1.74. The van der Waals surface area contributed by atoms with Crippen LogP contribution in [0.3, 0.4) is 0 Å². The summed E-state index contributed by atoms with van der Waals surface area (Å²) < 4.78 is 9.13. The quantitative estimate of drug-likeness (QED) is 0.392. The van der Waals surface area contributed by atoms with E-state index in [1.807, 2.05) is 0 Å². The van der Waals surface area contributed by atoms with Crippen LogP contribution in [0.15, 0.2) is 0 Å². The number of carboxylic acids is 2. The molecule has 9 nitrogen and oxygen atoms in total. The van der Waals surface area contributed by atoms with Crippen LogP contribution in [-0.2, 0) is 23.9 Å². The highest BCUT2D eigenvalue weighted by atomic mass is 16.6. The molecule has 0 spiro atoms. The van der Waals surface area contributed by atoms with Crippen LogP contribution in [0.25, 0.3) is 0 Å². The second-order valence-corrected chi connectivity index (χ2v) is 2.82. The topological polar surface area (TPSA) is 151 Å². The van der Waals surface area contributed by atoms with Crippen molar-refractivity contribution in [3.05, 3.63) is 0 Å². The number of aliphatic hydroxyl groups excluding tert-OH is 2. The molecule has 0 aliphatic carbocycles. The van der Waals surface area contributed by atoms with Gasteiger partial charge in [0.1, 0.15) is 6.61 Å². The maximum Gasteiger partial charge on any atom is 0.302 e. The Morgan fingerprint density at radius 3 is 1.30 bits per heavy atom. The van der Waals surface area contributed by atoms with Crippen molar-refractivity contribution in [2.75, 3.05) is 33.5 Å². The Morgan fingerprint density at radius 2 is 1.15 bits per heavy atom. The second kappa shape index (κ2) is 26.0. The highest BCUT2D eigenvalue weighted by Gasteiger charge is 1.88. The van der Waals surface area contributed by atoms with Crippen LogP contribution >= 0.6 is 0 Å². The smallest absolute Gasteiger partial charge is 0.302 e. The number of carboxylic acid groups (broad SMARTS) is 2. The molecule has 0 atom stereocenters. The molecule has 0 aromatic carbocycles. The van der Waals surface area contributed by atoms with Gasteiger partial charge in [-0.3, -0.25) is 14.4 Å². The SMILES string of the molecule is CC(=O)O.CC(=O)O.COCCOC(C)=O.OCCO. The Kier molecular flexibility index (Phi) is 34.8. The summed E-state index contributed by atoms with van der Waals surface area (Å²) in [4.78, 5) is 28.0. The summed E-state index contributed by atoms with van der Waals surface area (Å²) in [6.07, 6.45) is 0. The monoisotopic (exact) mass is 300 g/mol. The largest absolute Gasteiger partial charge is 0.481 e. The lowest BCUT2D eigenvalue weighted by Crippen LogP contribution is -2.05. The Balaban J connectivity index is -0.0000000917. The molecule has 0 saturated heterocycles. The molecule has 0 bridgehead atoms. The van der Waals surface area contributed by atoms with Crippen LogP contribution in [0.4, 0.5) is 0 Å². The number of rotatable bonds is 4. The first kappa shape index (κ1) is 26.8. The van der Waals surface area contributed by atoms with Crippen molar-refractivity contribution in [1.82, 2.24) is 0 Å². The van der Waals surface area contributed by atoms with Crippen molar-refractivity contribution < 1.29 is 44.3 Å². The number of ether oxygens (including phenoxy) is 2. The molecule has 0 aromatic heterocycles. The predicted molar refractivity (Wildman–Crippen MR) is 69.3 cm³/mol. The van der Waals surface area contributed by atoms with Crippen LogP contribution < -0.4 is 0 Å². The molecule has 0 aliphatic heterocycles. The molecule has 0 aliphatic rings. The minimum Gasteiger partial charge on any atom is -0.481 e. The summed E-state index contributed by atoms with van der Waals surface area (Å²) in [6, 6.07) is 0. The van der Waals surface area contributed by atoms with E-state index < -0.39 is 11.9 Å². The van der Waals surface area contributed by atoms with E-state index in [9.17, 15) is 4.79 Å². The van der Waals surface area contributed by atoms with Crippen molar-refractivity contribution in [3.8, 4) is 0 Å². The van der Waals surface area contributed by atoms with Crippen molar-refractivity contribution in [3.63, 3.8) is 0 Å². The van der Waals surface area contributed by atoms with Gasteiger partial charge >= 0.3 is 5.97 Å². The number of carbonyl (C=O) groups excluding carboxylic acids is 1. The van der Waals surface area contributed by atoms with Crippen LogP contribution in [0.5, 0.6) is 0 Å². The number of aliphatic carboxylic acids is 2. The first-order valence-corrected chi connectivity index (χ1v) is 5.38. The number of aliphatic hydroxyl groups is 2. The minimum absolute atomic E-state index is 0.125. The fourth-order valence-electron chi connectivity index (χ4n) is 0.269. The average Bonchev–Trinajstić information content (AvgIpc) is 2.28. The molecule has 0 rings (SSSR count). The predicted octanol–water partition coefficient (Wildman–Crippen LogP) is -0.651. The number of methoxy groups -OCH3 is 1. The number of esters is 1. The summed E-state index contributed by atoms with van der Waals surface area (Å²) in [5.41, 5.74) is 0. The Morgan fingerprint density at radius 1 is 0.850 bits per heavy atom.